The molecule has 2 aromatic carbocycles. The fourth-order valence-corrected chi connectivity index (χ4v) is 3.35. The van der Waals surface area contributed by atoms with Crippen LogP contribution in [0, 0.1) is 0 Å². The smallest absolute Gasteiger partial charge is 0.344 e. The average Bonchev–Trinajstić information content (AvgIpc) is 2.78. The van der Waals surface area contributed by atoms with Crippen LogP contribution in [0.4, 0.5) is 0 Å². The van der Waals surface area contributed by atoms with Gasteiger partial charge < -0.3 is 9.47 Å². The van der Waals surface area contributed by atoms with Crippen LogP contribution in [0.1, 0.15) is 24.5 Å². The van der Waals surface area contributed by atoms with Gasteiger partial charge in [-0.15, -0.1) is 6.58 Å². The number of ether oxygens (including phenoxy) is 2. The third-order valence-electron chi connectivity index (χ3n) is 4.68. The van der Waals surface area contributed by atoms with E-state index in [0.717, 1.165) is 11.1 Å². The molecule has 5 heteroatoms. The van der Waals surface area contributed by atoms with E-state index in [2.05, 4.69) is 6.58 Å². The maximum Gasteiger partial charge on any atom is 0.344 e. The first kappa shape index (κ1) is 18.9. The topological polar surface area (TPSA) is 55.8 Å². The third-order valence-corrected chi connectivity index (χ3v) is 4.68. The SMILES string of the molecule is C=CCC1(C(=O)OCC)C(=O)Oc2ccccc2CN1Cc1ccccc1. The molecule has 1 atom stereocenters. The van der Waals surface area contributed by atoms with Gasteiger partial charge in [0, 0.05) is 25.1 Å². The predicted molar refractivity (Wildman–Crippen MR) is 102 cm³/mol. The van der Waals surface area contributed by atoms with Gasteiger partial charge in [0.2, 0.25) is 5.54 Å². The van der Waals surface area contributed by atoms with Crippen molar-refractivity contribution in [2.24, 2.45) is 0 Å². The van der Waals surface area contributed by atoms with E-state index >= 15 is 0 Å². The van der Waals surface area contributed by atoms with Crippen molar-refractivity contribution in [3.05, 3.63) is 78.4 Å². The number of nitrogens with zero attached hydrogens (tertiary/aromatic N) is 1. The summed E-state index contributed by atoms with van der Waals surface area (Å²) in [6, 6.07) is 17.0. The van der Waals surface area contributed by atoms with E-state index in [9.17, 15) is 9.59 Å². The van der Waals surface area contributed by atoms with Gasteiger partial charge in [0.05, 0.1) is 6.61 Å². The summed E-state index contributed by atoms with van der Waals surface area (Å²) >= 11 is 0. The van der Waals surface area contributed by atoms with Crippen molar-refractivity contribution in [2.45, 2.75) is 32.0 Å². The molecule has 0 fully saturated rings. The summed E-state index contributed by atoms with van der Waals surface area (Å²) in [5.41, 5.74) is 0.256. The Balaban J connectivity index is 2.11. The van der Waals surface area contributed by atoms with Gasteiger partial charge in [0.1, 0.15) is 5.75 Å². The van der Waals surface area contributed by atoms with E-state index in [-0.39, 0.29) is 13.0 Å². The molecule has 0 bridgehead atoms. The van der Waals surface area contributed by atoms with Gasteiger partial charge in [-0.1, -0.05) is 54.6 Å². The number of fused-ring (bicyclic) bond motifs is 1. The zero-order valence-electron chi connectivity index (χ0n) is 15.4. The zero-order chi connectivity index (χ0) is 19.3. The molecule has 0 saturated carbocycles. The second-order valence-electron chi connectivity index (χ2n) is 6.41. The van der Waals surface area contributed by atoms with Crippen LogP contribution in [-0.4, -0.2) is 29.0 Å². The lowest BCUT2D eigenvalue weighted by molar-refractivity contribution is -0.170. The van der Waals surface area contributed by atoms with Crippen molar-refractivity contribution in [1.82, 2.24) is 4.90 Å². The van der Waals surface area contributed by atoms with Crippen LogP contribution in [0.3, 0.4) is 0 Å². The molecule has 3 rings (SSSR count). The van der Waals surface area contributed by atoms with Gasteiger partial charge in [0.25, 0.3) is 0 Å². The van der Waals surface area contributed by atoms with E-state index in [1.54, 1.807) is 25.1 Å². The van der Waals surface area contributed by atoms with Crippen molar-refractivity contribution in [2.75, 3.05) is 6.61 Å². The summed E-state index contributed by atoms with van der Waals surface area (Å²) in [5, 5.41) is 0. The summed E-state index contributed by atoms with van der Waals surface area (Å²) in [6.07, 6.45) is 1.66. The first-order valence-electron chi connectivity index (χ1n) is 8.99. The number of hydrogen-bond donors (Lipinski definition) is 0. The Labute approximate surface area is 159 Å². The Kier molecular flexibility index (Phi) is 5.72. The average molecular weight is 365 g/mol. The van der Waals surface area contributed by atoms with E-state index in [0.29, 0.717) is 18.8 Å². The molecule has 0 spiro atoms. The standard InChI is InChI=1S/C22H23NO4/c1-3-14-22(20(24)26-4-2)21(25)27-19-13-9-8-12-18(19)16-23(22)15-17-10-6-5-7-11-17/h3,5-13H,1,4,14-16H2,2H3. The first-order chi connectivity index (χ1) is 13.1. The van der Waals surface area contributed by atoms with Gasteiger partial charge in [0.15, 0.2) is 0 Å². The number of carbonyl (C=O) groups is 2. The summed E-state index contributed by atoms with van der Waals surface area (Å²) in [5.74, 6) is -0.781. The molecule has 0 amide bonds. The molecule has 27 heavy (non-hydrogen) atoms. The lowest BCUT2D eigenvalue weighted by atomic mass is 9.91. The summed E-state index contributed by atoms with van der Waals surface area (Å²) in [7, 11) is 0. The number of hydrogen-bond acceptors (Lipinski definition) is 5. The Morgan fingerprint density at radius 2 is 1.93 bits per heavy atom. The molecule has 2 aromatic rings. The number of carbonyl (C=O) groups excluding carboxylic acids is 2. The van der Waals surface area contributed by atoms with Crippen molar-refractivity contribution in [3.63, 3.8) is 0 Å². The van der Waals surface area contributed by atoms with Gasteiger partial charge in [-0.3, -0.25) is 4.90 Å². The summed E-state index contributed by atoms with van der Waals surface area (Å²) < 4.78 is 10.9. The molecule has 0 aliphatic carbocycles. The predicted octanol–water partition coefficient (Wildman–Crippen LogP) is 3.49. The van der Waals surface area contributed by atoms with Crippen molar-refractivity contribution < 1.29 is 19.1 Å². The fourth-order valence-electron chi connectivity index (χ4n) is 3.35. The number of para-hydroxylation sites is 1. The minimum atomic E-state index is -1.58. The molecular weight excluding hydrogens is 342 g/mol. The molecule has 1 heterocycles. The molecule has 140 valence electrons. The second kappa shape index (κ2) is 8.18. The quantitative estimate of drug-likeness (QED) is 0.339. The Morgan fingerprint density at radius 3 is 2.63 bits per heavy atom. The Bertz CT molecular complexity index is 833. The summed E-state index contributed by atoms with van der Waals surface area (Å²) in [6.45, 7) is 6.43. The minimum Gasteiger partial charge on any atom is -0.464 e. The van der Waals surface area contributed by atoms with Crippen molar-refractivity contribution in [1.29, 1.82) is 0 Å². The van der Waals surface area contributed by atoms with Gasteiger partial charge in [-0.2, -0.15) is 0 Å². The van der Waals surface area contributed by atoms with Crippen molar-refractivity contribution in [3.8, 4) is 5.75 Å². The fraction of sp³-hybridized carbons (Fsp3) is 0.273. The minimum absolute atomic E-state index is 0.103. The maximum atomic E-state index is 13.2. The highest BCUT2D eigenvalue weighted by Gasteiger charge is 2.54. The molecule has 0 aromatic heterocycles. The molecule has 1 aliphatic heterocycles. The Morgan fingerprint density at radius 1 is 1.22 bits per heavy atom. The zero-order valence-corrected chi connectivity index (χ0v) is 15.4. The highest BCUT2D eigenvalue weighted by atomic mass is 16.6. The van der Waals surface area contributed by atoms with Gasteiger partial charge in [-0.25, -0.2) is 9.59 Å². The number of benzene rings is 2. The van der Waals surface area contributed by atoms with Crippen LogP contribution in [0.2, 0.25) is 0 Å². The maximum absolute atomic E-state index is 13.2. The van der Waals surface area contributed by atoms with Crippen LogP contribution in [-0.2, 0) is 27.4 Å². The van der Waals surface area contributed by atoms with Crippen molar-refractivity contribution >= 4 is 11.9 Å². The highest BCUT2D eigenvalue weighted by molar-refractivity contribution is 6.06. The third kappa shape index (κ3) is 3.64. The summed E-state index contributed by atoms with van der Waals surface area (Å²) in [4.78, 5) is 28.0. The van der Waals surface area contributed by atoms with Crippen LogP contribution in [0.25, 0.3) is 0 Å². The molecule has 5 nitrogen and oxygen atoms in total. The van der Waals surface area contributed by atoms with Crippen LogP contribution >= 0.6 is 0 Å². The molecule has 0 radical (unpaired) electrons. The van der Waals surface area contributed by atoms with E-state index in [1.807, 2.05) is 47.4 Å². The molecule has 0 N–H and O–H groups in total. The van der Waals surface area contributed by atoms with E-state index in [1.165, 1.54) is 0 Å². The van der Waals surface area contributed by atoms with Crippen LogP contribution in [0.15, 0.2) is 67.3 Å². The monoisotopic (exact) mass is 365 g/mol. The van der Waals surface area contributed by atoms with Gasteiger partial charge >= 0.3 is 11.9 Å². The number of esters is 2. The molecule has 0 saturated heterocycles. The largest absolute Gasteiger partial charge is 0.464 e. The van der Waals surface area contributed by atoms with Crippen LogP contribution < -0.4 is 4.74 Å². The normalized spacial score (nSPS) is 19.5. The lowest BCUT2D eigenvalue weighted by Crippen LogP contribution is -2.60. The number of rotatable bonds is 6. The van der Waals surface area contributed by atoms with Gasteiger partial charge in [-0.05, 0) is 18.6 Å². The lowest BCUT2D eigenvalue weighted by Gasteiger charge is -2.37. The highest BCUT2D eigenvalue weighted by Crippen LogP contribution is 2.35. The van der Waals surface area contributed by atoms with E-state index in [4.69, 9.17) is 9.47 Å². The van der Waals surface area contributed by atoms with E-state index < -0.39 is 17.5 Å². The van der Waals surface area contributed by atoms with Crippen LogP contribution in [0.5, 0.6) is 5.75 Å². The molecular formula is C22H23NO4. The first-order valence-corrected chi connectivity index (χ1v) is 8.99. The second-order valence-corrected chi connectivity index (χ2v) is 6.41. The molecule has 1 aliphatic rings. The Hall–Kier alpha value is -2.92. The molecule has 1 unspecified atom stereocenters.